The van der Waals surface area contributed by atoms with Gasteiger partial charge in [-0.1, -0.05) is 17.5 Å². The molecule has 5 nitrogen and oxygen atoms in total. The van der Waals surface area contributed by atoms with Crippen LogP contribution in [0.25, 0.3) is 0 Å². The van der Waals surface area contributed by atoms with Crippen molar-refractivity contribution in [1.29, 1.82) is 0 Å². The molecule has 2 rings (SSSR count). The van der Waals surface area contributed by atoms with E-state index in [4.69, 9.17) is 18.0 Å². The van der Waals surface area contributed by atoms with E-state index in [1.54, 1.807) is 55.5 Å². The van der Waals surface area contributed by atoms with Crippen molar-refractivity contribution in [2.24, 2.45) is 0 Å². The van der Waals surface area contributed by atoms with Crippen LogP contribution in [0.4, 0.5) is 11.4 Å². The van der Waals surface area contributed by atoms with Gasteiger partial charge in [-0.05, 0) is 55.5 Å². The Balaban J connectivity index is 1.93. The van der Waals surface area contributed by atoms with Crippen LogP contribution < -0.4 is 16.0 Å². The van der Waals surface area contributed by atoms with Gasteiger partial charge in [0.15, 0.2) is 0 Å². The summed E-state index contributed by atoms with van der Waals surface area (Å²) >= 11 is 5.81. The monoisotopic (exact) mass is 355 g/mol. The molecule has 0 fully saturated rings. The van der Waals surface area contributed by atoms with Gasteiger partial charge in [0.2, 0.25) is 5.91 Å². The molecule has 2 amide bonds. The Kier molecular flexibility index (Phi) is 6.44. The van der Waals surface area contributed by atoms with E-state index in [0.29, 0.717) is 16.3 Å². The molecule has 0 spiro atoms. The predicted octanol–water partition coefficient (Wildman–Crippen LogP) is 3.14. The lowest BCUT2D eigenvalue weighted by atomic mass is 10.2. The summed E-state index contributed by atoms with van der Waals surface area (Å²) in [5.74, 6) is 1.95. The summed E-state index contributed by atoms with van der Waals surface area (Å²) in [5.41, 5.74) is 1.92. The number of halogens is 1. The molecule has 0 saturated carbocycles. The van der Waals surface area contributed by atoms with Gasteiger partial charge in [0.1, 0.15) is 6.04 Å². The molecule has 3 N–H and O–H groups in total. The highest BCUT2D eigenvalue weighted by Crippen LogP contribution is 2.16. The largest absolute Gasteiger partial charge is 0.374 e. The van der Waals surface area contributed by atoms with Crippen molar-refractivity contribution >= 4 is 34.8 Å². The number of rotatable bonds is 6. The minimum atomic E-state index is -0.428. The van der Waals surface area contributed by atoms with Crippen molar-refractivity contribution < 1.29 is 9.59 Å². The topological polar surface area (TPSA) is 70.2 Å². The lowest BCUT2D eigenvalue weighted by Crippen LogP contribution is -2.37. The number of anilines is 2. The van der Waals surface area contributed by atoms with Crippen molar-refractivity contribution in [3.63, 3.8) is 0 Å². The maximum absolute atomic E-state index is 12.1. The van der Waals surface area contributed by atoms with Gasteiger partial charge in [-0.3, -0.25) is 9.59 Å². The van der Waals surface area contributed by atoms with Gasteiger partial charge >= 0.3 is 0 Å². The first-order chi connectivity index (χ1) is 12.0. The van der Waals surface area contributed by atoms with Crippen LogP contribution in [0, 0.1) is 12.3 Å². The predicted molar refractivity (Wildman–Crippen MR) is 101 cm³/mol. The summed E-state index contributed by atoms with van der Waals surface area (Å²) in [6, 6.07) is 13.3. The average Bonchev–Trinajstić information content (AvgIpc) is 2.61. The number of carbonyl (C=O) groups is 2. The fraction of sp³-hybridized carbons (Fsp3) is 0.158. The fourth-order valence-electron chi connectivity index (χ4n) is 2.06. The van der Waals surface area contributed by atoms with Crippen LogP contribution in [0.15, 0.2) is 48.5 Å². The number of hydrogen-bond acceptors (Lipinski definition) is 3. The molecule has 0 bridgehead atoms. The lowest BCUT2D eigenvalue weighted by molar-refractivity contribution is -0.121. The van der Waals surface area contributed by atoms with Crippen molar-refractivity contribution in [2.75, 3.05) is 17.2 Å². The molecular formula is C19H18ClN3O2. The molecule has 0 aliphatic rings. The Morgan fingerprint density at radius 3 is 2.28 bits per heavy atom. The van der Waals surface area contributed by atoms with E-state index in [-0.39, 0.29) is 18.4 Å². The third kappa shape index (κ3) is 5.55. The van der Waals surface area contributed by atoms with Crippen LogP contribution in [-0.4, -0.2) is 24.4 Å². The number of nitrogens with one attached hydrogen (secondary N) is 3. The zero-order valence-electron chi connectivity index (χ0n) is 13.7. The van der Waals surface area contributed by atoms with Crippen LogP contribution in [0.2, 0.25) is 5.02 Å². The molecule has 2 aromatic rings. The molecule has 0 aliphatic heterocycles. The van der Waals surface area contributed by atoms with E-state index in [2.05, 4.69) is 21.9 Å². The van der Waals surface area contributed by atoms with Crippen LogP contribution in [0.1, 0.15) is 17.3 Å². The Bertz CT molecular complexity index is 780. The van der Waals surface area contributed by atoms with E-state index in [1.807, 2.05) is 0 Å². The minimum Gasteiger partial charge on any atom is -0.374 e. The average molecular weight is 356 g/mol. The molecule has 0 unspecified atom stereocenters. The summed E-state index contributed by atoms with van der Waals surface area (Å²) in [6.45, 7) is 1.93. The van der Waals surface area contributed by atoms with E-state index < -0.39 is 6.04 Å². The Hall–Kier alpha value is -2.97. The molecule has 1 atom stereocenters. The second kappa shape index (κ2) is 8.76. The summed E-state index contributed by atoms with van der Waals surface area (Å²) in [5, 5.41) is 9.04. The number of amides is 2. The third-order valence-electron chi connectivity index (χ3n) is 3.39. The Labute approximate surface area is 151 Å². The zero-order chi connectivity index (χ0) is 18.2. The first kappa shape index (κ1) is 18.4. The highest BCUT2D eigenvalue weighted by Gasteiger charge is 2.11. The molecule has 2 aromatic carbocycles. The maximum Gasteiger partial charge on any atom is 0.255 e. The third-order valence-corrected chi connectivity index (χ3v) is 3.64. The molecular weight excluding hydrogens is 338 g/mol. The standard InChI is InChI=1S/C19H18ClN3O2/c1-3-12-21-18(24)13(2)22-16-8-10-17(11-9-16)23-19(25)14-4-6-15(20)7-5-14/h1,4-11,13,22H,12H2,2H3,(H,21,24)(H,23,25)/t13-/m1/s1. The number of carbonyl (C=O) groups excluding carboxylic acids is 2. The quantitative estimate of drug-likeness (QED) is 0.697. The van der Waals surface area contributed by atoms with E-state index in [9.17, 15) is 9.59 Å². The van der Waals surface area contributed by atoms with Crippen molar-refractivity contribution in [3.05, 3.63) is 59.1 Å². The van der Waals surface area contributed by atoms with E-state index in [0.717, 1.165) is 5.69 Å². The second-order valence-electron chi connectivity index (χ2n) is 5.33. The summed E-state index contributed by atoms with van der Waals surface area (Å²) < 4.78 is 0. The van der Waals surface area contributed by atoms with Crippen molar-refractivity contribution in [1.82, 2.24) is 5.32 Å². The van der Waals surface area contributed by atoms with Crippen molar-refractivity contribution in [3.8, 4) is 12.3 Å². The lowest BCUT2D eigenvalue weighted by Gasteiger charge is -2.15. The summed E-state index contributed by atoms with van der Waals surface area (Å²) in [7, 11) is 0. The molecule has 25 heavy (non-hydrogen) atoms. The Morgan fingerprint density at radius 2 is 1.68 bits per heavy atom. The molecule has 0 aromatic heterocycles. The highest BCUT2D eigenvalue weighted by molar-refractivity contribution is 6.30. The van der Waals surface area contributed by atoms with Crippen LogP contribution in [0.5, 0.6) is 0 Å². The van der Waals surface area contributed by atoms with Gasteiger partial charge in [0.25, 0.3) is 5.91 Å². The zero-order valence-corrected chi connectivity index (χ0v) is 14.4. The van der Waals surface area contributed by atoms with Crippen LogP contribution in [0.3, 0.4) is 0 Å². The Morgan fingerprint density at radius 1 is 1.08 bits per heavy atom. The van der Waals surface area contributed by atoms with Crippen molar-refractivity contribution in [2.45, 2.75) is 13.0 Å². The molecule has 0 heterocycles. The van der Waals surface area contributed by atoms with Crippen LogP contribution in [-0.2, 0) is 4.79 Å². The summed E-state index contributed by atoms with van der Waals surface area (Å²) in [4.78, 5) is 23.9. The highest BCUT2D eigenvalue weighted by atomic mass is 35.5. The van der Waals surface area contributed by atoms with E-state index >= 15 is 0 Å². The first-order valence-electron chi connectivity index (χ1n) is 7.64. The van der Waals surface area contributed by atoms with Gasteiger partial charge < -0.3 is 16.0 Å². The number of terminal acetylenes is 1. The smallest absolute Gasteiger partial charge is 0.255 e. The maximum atomic E-state index is 12.1. The number of benzene rings is 2. The summed E-state index contributed by atoms with van der Waals surface area (Å²) in [6.07, 6.45) is 5.11. The van der Waals surface area contributed by atoms with Gasteiger partial charge in [-0.15, -0.1) is 6.42 Å². The second-order valence-corrected chi connectivity index (χ2v) is 5.76. The minimum absolute atomic E-state index is 0.182. The first-order valence-corrected chi connectivity index (χ1v) is 8.02. The van der Waals surface area contributed by atoms with Gasteiger partial charge in [0, 0.05) is 22.0 Å². The molecule has 0 saturated heterocycles. The SMILES string of the molecule is C#CCNC(=O)[C@@H](C)Nc1ccc(NC(=O)c2ccc(Cl)cc2)cc1. The molecule has 6 heteroatoms. The van der Waals surface area contributed by atoms with Gasteiger partial charge in [-0.2, -0.15) is 0 Å². The molecule has 128 valence electrons. The van der Waals surface area contributed by atoms with Gasteiger partial charge in [-0.25, -0.2) is 0 Å². The fourth-order valence-corrected chi connectivity index (χ4v) is 2.19. The molecule has 0 radical (unpaired) electrons. The molecule has 0 aliphatic carbocycles. The van der Waals surface area contributed by atoms with Gasteiger partial charge in [0.05, 0.1) is 6.54 Å². The van der Waals surface area contributed by atoms with E-state index in [1.165, 1.54) is 0 Å². The number of hydrogen-bond donors (Lipinski definition) is 3. The normalized spacial score (nSPS) is 11.1. The van der Waals surface area contributed by atoms with Crippen LogP contribution >= 0.6 is 11.6 Å².